The molecule has 0 aliphatic heterocycles. The van der Waals surface area contributed by atoms with Crippen molar-refractivity contribution in [3.8, 4) is 0 Å². The zero-order chi connectivity index (χ0) is 13.2. The van der Waals surface area contributed by atoms with E-state index < -0.39 is 0 Å². The van der Waals surface area contributed by atoms with Crippen molar-refractivity contribution in [1.29, 1.82) is 0 Å². The molecule has 1 heterocycles. The van der Waals surface area contributed by atoms with Gasteiger partial charge in [0.05, 0.1) is 4.83 Å². The van der Waals surface area contributed by atoms with E-state index in [0.29, 0.717) is 10.2 Å². The van der Waals surface area contributed by atoms with Crippen LogP contribution in [0.4, 0.5) is 0 Å². The number of thiophene rings is 1. The van der Waals surface area contributed by atoms with Crippen molar-refractivity contribution in [2.24, 2.45) is 23.2 Å². The molecule has 1 unspecified atom stereocenters. The number of halogens is 1. The zero-order valence-corrected chi connectivity index (χ0v) is 14.3. The molecule has 1 aromatic rings. The Morgan fingerprint density at radius 3 is 2.05 bits per heavy atom. The first kappa shape index (κ1) is 12.9. The maximum atomic E-state index is 4.15. The van der Waals surface area contributed by atoms with Gasteiger partial charge in [-0.05, 0) is 87.2 Å². The summed E-state index contributed by atoms with van der Waals surface area (Å²) in [5, 5.41) is 0. The van der Waals surface area contributed by atoms with Crippen LogP contribution in [0.5, 0.6) is 0 Å². The lowest BCUT2D eigenvalue weighted by Crippen LogP contribution is -2.47. The van der Waals surface area contributed by atoms with E-state index in [1.807, 2.05) is 11.3 Å². The van der Waals surface area contributed by atoms with E-state index >= 15 is 0 Å². The van der Waals surface area contributed by atoms with Crippen LogP contribution in [0.2, 0.25) is 0 Å². The Labute approximate surface area is 129 Å². The molecular formula is C17H23BrS. The zero-order valence-electron chi connectivity index (χ0n) is 11.9. The molecule has 4 aliphatic rings. The van der Waals surface area contributed by atoms with Gasteiger partial charge in [0.25, 0.3) is 0 Å². The maximum Gasteiger partial charge on any atom is 0.0548 e. The largest absolute Gasteiger partial charge is 0.144 e. The highest BCUT2D eigenvalue weighted by Gasteiger charge is 2.54. The molecular weight excluding hydrogens is 316 g/mol. The standard InChI is InChI=1S/C17H23BrS/c1-10-3-11(2)19-15(10)16(18)17-7-12-4-13(8-17)6-14(5-12)9-17/h3,12-14,16H,4-9H2,1-2H3. The molecule has 1 aromatic heterocycles. The predicted octanol–water partition coefficient (Wildman–Crippen LogP) is 6.02. The van der Waals surface area contributed by atoms with Crippen molar-refractivity contribution in [1.82, 2.24) is 0 Å². The average molecular weight is 339 g/mol. The lowest BCUT2D eigenvalue weighted by atomic mass is 9.48. The fourth-order valence-corrected chi connectivity index (χ4v) is 8.04. The van der Waals surface area contributed by atoms with Crippen LogP contribution in [-0.2, 0) is 0 Å². The van der Waals surface area contributed by atoms with Gasteiger partial charge in [-0.1, -0.05) is 15.9 Å². The summed E-state index contributed by atoms with van der Waals surface area (Å²) in [5.41, 5.74) is 2.11. The molecule has 4 bridgehead atoms. The van der Waals surface area contributed by atoms with Crippen LogP contribution in [0.3, 0.4) is 0 Å². The fourth-order valence-electron chi connectivity index (χ4n) is 5.68. The van der Waals surface area contributed by atoms with Gasteiger partial charge in [0.1, 0.15) is 0 Å². The highest BCUT2D eigenvalue weighted by Crippen LogP contribution is 2.66. The summed E-state index contributed by atoms with van der Waals surface area (Å²) in [4.78, 5) is 3.72. The third-order valence-corrected chi connectivity index (χ3v) is 8.88. The molecule has 4 fully saturated rings. The van der Waals surface area contributed by atoms with Crippen molar-refractivity contribution < 1.29 is 0 Å². The summed E-state index contributed by atoms with van der Waals surface area (Å²) in [6.45, 7) is 4.55. The first-order chi connectivity index (χ1) is 9.06. The molecule has 0 nitrogen and oxygen atoms in total. The van der Waals surface area contributed by atoms with Crippen LogP contribution in [0, 0.1) is 37.0 Å². The molecule has 2 heteroatoms. The Balaban J connectivity index is 1.69. The Bertz CT molecular complexity index is 466. The number of rotatable bonds is 2. The van der Waals surface area contributed by atoms with Crippen LogP contribution in [-0.4, -0.2) is 0 Å². The molecule has 0 aromatic carbocycles. The van der Waals surface area contributed by atoms with E-state index in [9.17, 15) is 0 Å². The van der Waals surface area contributed by atoms with Crippen LogP contribution >= 0.6 is 27.3 Å². The minimum Gasteiger partial charge on any atom is -0.144 e. The first-order valence-corrected chi connectivity index (χ1v) is 9.50. The van der Waals surface area contributed by atoms with E-state index in [1.165, 1.54) is 29.7 Å². The SMILES string of the molecule is Cc1cc(C)c(C(Br)C23CC4CC(CC(C4)C2)C3)s1. The third kappa shape index (κ3) is 1.97. The van der Waals surface area contributed by atoms with Crippen molar-refractivity contribution in [3.05, 3.63) is 21.4 Å². The highest BCUT2D eigenvalue weighted by atomic mass is 79.9. The van der Waals surface area contributed by atoms with Crippen molar-refractivity contribution in [2.75, 3.05) is 0 Å². The summed E-state index contributed by atoms with van der Waals surface area (Å²) < 4.78 is 0. The molecule has 5 rings (SSSR count). The molecule has 4 saturated carbocycles. The molecule has 0 amide bonds. The Kier molecular flexibility index (Phi) is 2.94. The van der Waals surface area contributed by atoms with Gasteiger partial charge in [-0.25, -0.2) is 0 Å². The second kappa shape index (κ2) is 4.34. The van der Waals surface area contributed by atoms with Crippen LogP contribution in [0.1, 0.15) is 58.7 Å². The predicted molar refractivity (Wildman–Crippen MR) is 86.1 cm³/mol. The Morgan fingerprint density at radius 2 is 1.63 bits per heavy atom. The van der Waals surface area contributed by atoms with E-state index in [2.05, 4.69) is 35.8 Å². The van der Waals surface area contributed by atoms with E-state index in [0.717, 1.165) is 17.8 Å². The van der Waals surface area contributed by atoms with E-state index in [-0.39, 0.29) is 0 Å². The van der Waals surface area contributed by atoms with Gasteiger partial charge in [-0.3, -0.25) is 0 Å². The molecule has 104 valence electrons. The van der Waals surface area contributed by atoms with Gasteiger partial charge < -0.3 is 0 Å². The number of alkyl halides is 1. The monoisotopic (exact) mass is 338 g/mol. The number of hydrogen-bond acceptors (Lipinski definition) is 1. The van der Waals surface area contributed by atoms with Gasteiger partial charge in [-0.15, -0.1) is 11.3 Å². The summed E-state index contributed by atoms with van der Waals surface area (Å²) in [6.07, 6.45) is 9.10. The minimum absolute atomic E-state index is 0.594. The van der Waals surface area contributed by atoms with Crippen molar-refractivity contribution in [2.45, 2.75) is 57.2 Å². The minimum atomic E-state index is 0.594. The van der Waals surface area contributed by atoms with Gasteiger partial charge >= 0.3 is 0 Å². The summed E-state index contributed by atoms with van der Waals surface area (Å²) in [6, 6.07) is 2.37. The molecule has 1 atom stereocenters. The van der Waals surface area contributed by atoms with Crippen molar-refractivity contribution >= 4 is 27.3 Å². The normalized spacial score (nSPS) is 41.7. The van der Waals surface area contributed by atoms with Gasteiger partial charge in [0.15, 0.2) is 0 Å². The topological polar surface area (TPSA) is 0 Å². The maximum absolute atomic E-state index is 4.15. The Hall–Kier alpha value is 0.180. The average Bonchev–Trinajstić information content (AvgIpc) is 2.65. The Morgan fingerprint density at radius 1 is 1.11 bits per heavy atom. The third-order valence-electron chi connectivity index (χ3n) is 5.93. The molecule has 0 N–H and O–H groups in total. The quantitative estimate of drug-likeness (QED) is 0.578. The second-order valence-corrected chi connectivity index (χ2v) is 9.75. The van der Waals surface area contributed by atoms with Crippen LogP contribution < -0.4 is 0 Å². The van der Waals surface area contributed by atoms with Crippen LogP contribution in [0.25, 0.3) is 0 Å². The van der Waals surface area contributed by atoms with Gasteiger partial charge in [0.2, 0.25) is 0 Å². The number of hydrogen-bond donors (Lipinski definition) is 0. The molecule has 19 heavy (non-hydrogen) atoms. The summed E-state index contributed by atoms with van der Waals surface area (Å²) in [5.74, 6) is 3.15. The van der Waals surface area contributed by atoms with E-state index in [1.54, 1.807) is 24.1 Å². The molecule has 4 aliphatic carbocycles. The van der Waals surface area contributed by atoms with Crippen molar-refractivity contribution in [3.63, 3.8) is 0 Å². The van der Waals surface area contributed by atoms with Crippen LogP contribution in [0.15, 0.2) is 6.07 Å². The first-order valence-electron chi connectivity index (χ1n) is 7.77. The molecule has 0 saturated heterocycles. The lowest BCUT2D eigenvalue weighted by Gasteiger charge is -2.58. The van der Waals surface area contributed by atoms with E-state index in [4.69, 9.17) is 0 Å². The van der Waals surface area contributed by atoms with Gasteiger partial charge in [-0.2, -0.15) is 0 Å². The fraction of sp³-hybridized carbons (Fsp3) is 0.765. The highest BCUT2D eigenvalue weighted by molar-refractivity contribution is 9.09. The lowest BCUT2D eigenvalue weighted by molar-refractivity contribution is -0.0525. The smallest absolute Gasteiger partial charge is 0.0548 e. The molecule has 0 spiro atoms. The molecule has 0 radical (unpaired) electrons. The summed E-state index contributed by atoms with van der Waals surface area (Å²) in [7, 11) is 0. The van der Waals surface area contributed by atoms with Gasteiger partial charge in [0, 0.05) is 9.75 Å². The second-order valence-electron chi connectivity index (χ2n) is 7.55. The number of aryl methyl sites for hydroxylation is 2. The summed E-state index contributed by atoms with van der Waals surface area (Å²) >= 11 is 6.17.